The number of carbonyl (C=O) groups excluding carboxylic acids is 2. The third kappa shape index (κ3) is 3.61. The highest BCUT2D eigenvalue weighted by atomic mass is 32.1. The van der Waals surface area contributed by atoms with E-state index < -0.39 is 0 Å². The first-order valence-corrected chi connectivity index (χ1v) is 8.64. The lowest BCUT2D eigenvalue weighted by Crippen LogP contribution is -2.32. The van der Waals surface area contributed by atoms with Crippen molar-refractivity contribution in [2.45, 2.75) is 25.8 Å². The molecule has 0 unspecified atom stereocenters. The van der Waals surface area contributed by atoms with E-state index in [1.54, 1.807) is 10.8 Å². The monoisotopic (exact) mass is 333 g/mol. The molecule has 0 saturated carbocycles. The number of thiophene rings is 1. The summed E-state index contributed by atoms with van der Waals surface area (Å²) < 4.78 is 2.46. The van der Waals surface area contributed by atoms with Crippen LogP contribution in [0.25, 0.3) is 10.2 Å². The second kappa shape index (κ2) is 6.95. The van der Waals surface area contributed by atoms with Gasteiger partial charge in [0.1, 0.15) is 6.54 Å². The number of nitrogens with zero attached hydrogens (tertiary/aromatic N) is 2. The minimum atomic E-state index is -0.0890. The first kappa shape index (κ1) is 15.7. The van der Waals surface area contributed by atoms with Gasteiger partial charge in [-0.15, -0.1) is 11.3 Å². The van der Waals surface area contributed by atoms with Gasteiger partial charge in [-0.25, -0.2) is 0 Å². The first-order chi connectivity index (χ1) is 11.1. The van der Waals surface area contributed by atoms with E-state index in [0.29, 0.717) is 24.2 Å². The van der Waals surface area contributed by atoms with E-state index in [0.717, 1.165) is 24.9 Å². The number of pyridine rings is 1. The summed E-state index contributed by atoms with van der Waals surface area (Å²) in [4.78, 5) is 37.1. The third-order valence-corrected chi connectivity index (χ3v) is 4.91. The molecule has 0 aromatic carbocycles. The molecule has 3 rings (SSSR count). The third-order valence-electron chi connectivity index (χ3n) is 4.00. The summed E-state index contributed by atoms with van der Waals surface area (Å²) in [5, 5.41) is 4.72. The maximum atomic E-state index is 12.0. The van der Waals surface area contributed by atoms with Crippen LogP contribution in [0.1, 0.15) is 19.3 Å². The van der Waals surface area contributed by atoms with Crippen LogP contribution in [-0.4, -0.2) is 40.9 Å². The molecule has 6 nitrogen and oxygen atoms in total. The van der Waals surface area contributed by atoms with Crippen LogP contribution in [0.15, 0.2) is 28.5 Å². The molecule has 1 N–H and O–H groups in total. The number of rotatable bonds is 6. The molecule has 2 aromatic rings. The Kier molecular flexibility index (Phi) is 4.76. The average molecular weight is 333 g/mol. The van der Waals surface area contributed by atoms with Crippen LogP contribution < -0.4 is 10.7 Å². The maximum absolute atomic E-state index is 12.0. The van der Waals surface area contributed by atoms with Crippen molar-refractivity contribution in [2.24, 2.45) is 0 Å². The number of hydrogen-bond acceptors (Lipinski definition) is 4. The zero-order valence-electron chi connectivity index (χ0n) is 12.8. The van der Waals surface area contributed by atoms with Crippen molar-refractivity contribution in [1.29, 1.82) is 0 Å². The summed E-state index contributed by atoms with van der Waals surface area (Å²) in [7, 11) is 0. The van der Waals surface area contributed by atoms with Crippen molar-refractivity contribution in [1.82, 2.24) is 14.8 Å². The van der Waals surface area contributed by atoms with Gasteiger partial charge in [0.2, 0.25) is 11.8 Å². The zero-order valence-corrected chi connectivity index (χ0v) is 13.6. The average Bonchev–Trinajstić information content (AvgIpc) is 3.16. The first-order valence-electron chi connectivity index (χ1n) is 7.76. The summed E-state index contributed by atoms with van der Waals surface area (Å²) >= 11 is 1.39. The lowest BCUT2D eigenvalue weighted by Gasteiger charge is -2.15. The minimum Gasteiger partial charge on any atom is -0.354 e. The zero-order chi connectivity index (χ0) is 16.2. The Morgan fingerprint density at radius 1 is 1.30 bits per heavy atom. The van der Waals surface area contributed by atoms with Gasteiger partial charge in [-0.05, 0) is 24.3 Å². The van der Waals surface area contributed by atoms with Gasteiger partial charge in [-0.2, -0.15) is 0 Å². The van der Waals surface area contributed by atoms with Gasteiger partial charge < -0.3 is 14.8 Å². The van der Waals surface area contributed by atoms with Gasteiger partial charge in [0.15, 0.2) is 5.43 Å². The molecule has 0 bridgehead atoms. The Bertz CT molecular complexity index is 780. The summed E-state index contributed by atoms with van der Waals surface area (Å²) in [5.41, 5.74) is 0.780. The van der Waals surface area contributed by atoms with Gasteiger partial charge in [-0.3, -0.25) is 14.4 Å². The number of carbonyl (C=O) groups is 2. The van der Waals surface area contributed by atoms with Crippen LogP contribution in [0.5, 0.6) is 0 Å². The van der Waals surface area contributed by atoms with Crippen LogP contribution in [0.3, 0.4) is 0 Å². The number of hydrogen-bond donors (Lipinski definition) is 1. The highest BCUT2D eigenvalue weighted by Gasteiger charge is 2.19. The van der Waals surface area contributed by atoms with E-state index in [2.05, 4.69) is 5.32 Å². The van der Waals surface area contributed by atoms with Crippen LogP contribution in [0, 0.1) is 0 Å². The molecule has 1 saturated heterocycles. The van der Waals surface area contributed by atoms with Crippen LogP contribution in [0.2, 0.25) is 0 Å². The van der Waals surface area contributed by atoms with Gasteiger partial charge >= 0.3 is 0 Å². The lowest BCUT2D eigenvalue weighted by atomic mass is 10.3. The van der Waals surface area contributed by atoms with Gasteiger partial charge in [0.05, 0.1) is 10.2 Å². The molecule has 7 heteroatoms. The number of aromatic nitrogens is 1. The molecule has 0 atom stereocenters. The molecular weight excluding hydrogens is 314 g/mol. The molecule has 1 aliphatic heterocycles. The van der Waals surface area contributed by atoms with Crippen LogP contribution >= 0.6 is 11.3 Å². The number of fused-ring (bicyclic) bond motifs is 1. The van der Waals surface area contributed by atoms with Gasteiger partial charge in [0, 0.05) is 38.3 Å². The topological polar surface area (TPSA) is 71.4 Å². The Morgan fingerprint density at radius 3 is 2.96 bits per heavy atom. The summed E-state index contributed by atoms with van der Waals surface area (Å²) in [5.74, 6) is 0.123. The van der Waals surface area contributed by atoms with Crippen LogP contribution in [0.4, 0.5) is 0 Å². The Labute approximate surface area is 137 Å². The number of likely N-dealkylation sites (tertiary alicyclic amines) is 1. The maximum Gasteiger partial charge on any atom is 0.239 e. The molecule has 23 heavy (non-hydrogen) atoms. The molecule has 0 spiro atoms. The summed E-state index contributed by atoms with van der Waals surface area (Å²) in [6.07, 6.45) is 4.00. The predicted octanol–water partition coefficient (Wildman–Crippen LogP) is 1.19. The van der Waals surface area contributed by atoms with Crippen molar-refractivity contribution in [3.05, 3.63) is 33.9 Å². The van der Waals surface area contributed by atoms with Crippen molar-refractivity contribution < 1.29 is 9.59 Å². The van der Waals surface area contributed by atoms with E-state index in [4.69, 9.17) is 0 Å². The fourth-order valence-electron chi connectivity index (χ4n) is 2.81. The van der Waals surface area contributed by atoms with Crippen molar-refractivity contribution in [3.8, 4) is 0 Å². The molecule has 0 aliphatic carbocycles. The normalized spacial score (nSPS) is 14.6. The Hall–Kier alpha value is -2.15. The van der Waals surface area contributed by atoms with E-state index in [9.17, 15) is 14.4 Å². The Morgan fingerprint density at radius 2 is 2.17 bits per heavy atom. The second-order valence-electron chi connectivity index (χ2n) is 5.63. The predicted molar refractivity (Wildman–Crippen MR) is 89.5 cm³/mol. The van der Waals surface area contributed by atoms with Crippen molar-refractivity contribution >= 4 is 33.4 Å². The number of nitrogens with one attached hydrogen (secondary N) is 1. The lowest BCUT2D eigenvalue weighted by molar-refractivity contribution is -0.127. The summed E-state index contributed by atoms with van der Waals surface area (Å²) in [6.45, 7) is 2.28. The second-order valence-corrected chi connectivity index (χ2v) is 6.55. The van der Waals surface area contributed by atoms with Gasteiger partial charge in [0.25, 0.3) is 0 Å². The SMILES string of the molecule is O=C(Cn1ccc(=O)c2sccc21)NCCCN1CCCC1=O. The molecule has 3 heterocycles. The van der Waals surface area contributed by atoms with Crippen molar-refractivity contribution in [3.63, 3.8) is 0 Å². The van der Waals surface area contributed by atoms with E-state index >= 15 is 0 Å². The molecule has 122 valence electrons. The standard InChI is InChI=1S/C16H19N3O3S/c20-13-4-9-19(12-5-10-23-16(12)13)11-14(21)17-6-2-8-18-7-1-3-15(18)22/h4-5,9-10H,1-3,6-8,11H2,(H,17,21). The highest BCUT2D eigenvalue weighted by Crippen LogP contribution is 2.16. The highest BCUT2D eigenvalue weighted by molar-refractivity contribution is 7.17. The van der Waals surface area contributed by atoms with E-state index in [1.165, 1.54) is 17.4 Å². The molecule has 1 aliphatic rings. The van der Waals surface area contributed by atoms with Crippen molar-refractivity contribution in [2.75, 3.05) is 19.6 Å². The van der Waals surface area contributed by atoms with E-state index in [-0.39, 0.29) is 23.8 Å². The Balaban J connectivity index is 1.49. The van der Waals surface area contributed by atoms with Crippen LogP contribution in [-0.2, 0) is 16.1 Å². The quantitative estimate of drug-likeness (QED) is 0.807. The molecular formula is C16H19N3O3S. The number of amides is 2. The minimum absolute atomic E-state index is 0.0121. The van der Waals surface area contributed by atoms with Gasteiger partial charge in [-0.1, -0.05) is 0 Å². The fraction of sp³-hybridized carbons (Fsp3) is 0.438. The molecule has 2 amide bonds. The molecule has 2 aromatic heterocycles. The largest absolute Gasteiger partial charge is 0.354 e. The smallest absolute Gasteiger partial charge is 0.239 e. The summed E-state index contributed by atoms with van der Waals surface area (Å²) in [6, 6.07) is 3.35. The molecule has 0 radical (unpaired) electrons. The molecule has 1 fully saturated rings. The fourth-order valence-corrected chi connectivity index (χ4v) is 3.64. The van der Waals surface area contributed by atoms with E-state index in [1.807, 2.05) is 16.3 Å².